The predicted molar refractivity (Wildman–Crippen MR) is 116 cm³/mol. The summed E-state index contributed by atoms with van der Waals surface area (Å²) < 4.78 is 14.1. The van der Waals surface area contributed by atoms with Gasteiger partial charge in [-0.2, -0.15) is 0 Å². The van der Waals surface area contributed by atoms with E-state index < -0.39 is 13.3 Å². The molecule has 0 aliphatic heterocycles. The summed E-state index contributed by atoms with van der Waals surface area (Å²) in [6, 6.07) is 11.0. The van der Waals surface area contributed by atoms with Crippen LogP contribution in [0.15, 0.2) is 30.3 Å². The summed E-state index contributed by atoms with van der Waals surface area (Å²) in [7, 11) is 0. The van der Waals surface area contributed by atoms with Crippen LogP contribution in [0.2, 0.25) is 16.8 Å². The molecule has 0 unspecified atom stereocenters. The molecule has 0 spiro atoms. The number of halogens is 1. The van der Waals surface area contributed by atoms with Crippen LogP contribution in [-0.2, 0) is 11.2 Å². The van der Waals surface area contributed by atoms with Crippen LogP contribution in [0.1, 0.15) is 18.1 Å². The first kappa shape index (κ1) is 20.3. The Morgan fingerprint density at radius 2 is 1.83 bits per heavy atom. The molecule has 2 aromatic rings. The average Bonchev–Trinajstić information content (AvgIpc) is 2.91. The Hall–Kier alpha value is -0.0471. The van der Waals surface area contributed by atoms with Crippen LogP contribution in [0.25, 0.3) is 0 Å². The van der Waals surface area contributed by atoms with Crippen molar-refractivity contribution in [1.29, 1.82) is 0 Å². The van der Waals surface area contributed by atoms with Crippen LogP contribution in [0.3, 0.4) is 0 Å². The van der Waals surface area contributed by atoms with Gasteiger partial charge in [0.05, 0.1) is 0 Å². The molecule has 0 aliphatic rings. The third kappa shape index (κ3) is 6.04. The number of hydrogen-bond donors (Lipinski definition) is 0. The van der Waals surface area contributed by atoms with E-state index in [0.29, 0.717) is 13.2 Å². The summed E-state index contributed by atoms with van der Waals surface area (Å²) >= 11 is 2.58. The number of thiophene rings is 1. The molecule has 0 amide bonds. The molecule has 0 saturated carbocycles. The predicted octanol–water partition coefficient (Wildman–Crippen LogP) is 5.23. The Morgan fingerprint density at radius 3 is 2.42 bits per heavy atom. The minimum absolute atomic E-state index is 0.617. The molecule has 0 fully saturated rings. The standard InChI is InChI=1S/C19H27GeIO2S/c1-5-22-12-13-23-17-8-6-16(7-9-17)10-11-20(3,4)18-14-15(2)19(21)24-18/h6-9,14H,5,10-13H2,1-4H3. The minimum atomic E-state index is -1.90. The van der Waals surface area contributed by atoms with E-state index >= 15 is 0 Å². The number of hydrogen-bond acceptors (Lipinski definition) is 3. The zero-order valence-corrected chi connectivity index (χ0v) is 20.1. The van der Waals surface area contributed by atoms with Gasteiger partial charge >= 0.3 is 167 Å². The molecule has 0 bridgehead atoms. The first-order valence-corrected chi connectivity index (χ1v) is 17.1. The Balaban J connectivity index is 1.87. The second-order valence-corrected chi connectivity index (χ2v) is 20.3. The van der Waals surface area contributed by atoms with E-state index in [2.05, 4.69) is 71.4 Å². The van der Waals surface area contributed by atoms with Crippen molar-refractivity contribution in [1.82, 2.24) is 0 Å². The Morgan fingerprint density at radius 1 is 1.12 bits per heavy atom. The van der Waals surface area contributed by atoms with E-state index in [1.54, 1.807) is 3.71 Å². The first-order valence-electron chi connectivity index (χ1n) is 8.48. The second kappa shape index (κ2) is 9.60. The van der Waals surface area contributed by atoms with Gasteiger partial charge < -0.3 is 0 Å². The van der Waals surface area contributed by atoms with Gasteiger partial charge in [0.15, 0.2) is 0 Å². The topological polar surface area (TPSA) is 18.5 Å². The van der Waals surface area contributed by atoms with Gasteiger partial charge in [0.1, 0.15) is 0 Å². The number of rotatable bonds is 9. The summed E-state index contributed by atoms with van der Waals surface area (Å²) in [5, 5.41) is 1.33. The van der Waals surface area contributed by atoms with E-state index in [1.807, 2.05) is 18.3 Å². The van der Waals surface area contributed by atoms with Gasteiger partial charge in [0.2, 0.25) is 0 Å². The quantitative estimate of drug-likeness (QED) is 0.257. The van der Waals surface area contributed by atoms with E-state index in [1.165, 1.54) is 25.7 Å². The van der Waals surface area contributed by atoms with Crippen LogP contribution in [0, 0.1) is 9.81 Å². The van der Waals surface area contributed by atoms with Gasteiger partial charge in [-0.05, 0) is 0 Å². The molecule has 0 atom stereocenters. The number of ether oxygens (including phenoxy) is 2. The molecule has 2 rings (SSSR count). The molecule has 24 heavy (non-hydrogen) atoms. The molecule has 0 N–H and O–H groups in total. The molecule has 1 aromatic carbocycles. The van der Waals surface area contributed by atoms with Gasteiger partial charge in [-0.25, -0.2) is 0 Å². The summed E-state index contributed by atoms with van der Waals surface area (Å²) in [5.41, 5.74) is 2.86. The Bertz CT molecular complexity index is 618. The number of aryl methyl sites for hydroxylation is 2. The van der Waals surface area contributed by atoms with Crippen molar-refractivity contribution in [2.45, 2.75) is 37.0 Å². The Labute approximate surface area is 166 Å². The van der Waals surface area contributed by atoms with Crippen LogP contribution >= 0.6 is 33.9 Å². The molecule has 1 aromatic heterocycles. The fourth-order valence-electron chi connectivity index (χ4n) is 2.49. The maximum atomic E-state index is 5.68. The summed E-state index contributed by atoms with van der Waals surface area (Å²) in [4.78, 5) is 0. The van der Waals surface area contributed by atoms with Crippen molar-refractivity contribution in [3.05, 3.63) is 44.3 Å². The molecule has 0 radical (unpaired) electrons. The zero-order chi connectivity index (χ0) is 17.6. The molecule has 0 aliphatic carbocycles. The summed E-state index contributed by atoms with van der Waals surface area (Å²) in [6.45, 7) is 6.24. The van der Waals surface area contributed by atoms with Crippen molar-refractivity contribution >= 4 is 50.9 Å². The maximum absolute atomic E-state index is 5.68. The van der Waals surface area contributed by atoms with E-state index in [0.717, 1.165) is 12.4 Å². The second-order valence-electron chi connectivity index (χ2n) is 6.64. The van der Waals surface area contributed by atoms with Crippen molar-refractivity contribution in [2.75, 3.05) is 19.8 Å². The van der Waals surface area contributed by atoms with Crippen LogP contribution < -0.4 is 8.45 Å². The molecule has 2 nitrogen and oxygen atoms in total. The van der Waals surface area contributed by atoms with Crippen LogP contribution in [0.4, 0.5) is 0 Å². The van der Waals surface area contributed by atoms with Gasteiger partial charge in [0, 0.05) is 0 Å². The van der Waals surface area contributed by atoms with Crippen LogP contribution in [-0.4, -0.2) is 33.1 Å². The third-order valence-electron chi connectivity index (χ3n) is 4.19. The van der Waals surface area contributed by atoms with Gasteiger partial charge in [0.25, 0.3) is 0 Å². The molecule has 0 saturated heterocycles. The van der Waals surface area contributed by atoms with Crippen LogP contribution in [0.5, 0.6) is 5.75 Å². The molecular weight excluding hydrogens is 492 g/mol. The molecular formula is C19H27GeIO2S. The number of benzene rings is 1. The van der Waals surface area contributed by atoms with E-state index in [9.17, 15) is 0 Å². The van der Waals surface area contributed by atoms with Gasteiger partial charge in [-0.1, -0.05) is 0 Å². The van der Waals surface area contributed by atoms with Gasteiger partial charge in [-0.15, -0.1) is 0 Å². The van der Waals surface area contributed by atoms with Gasteiger partial charge in [-0.3, -0.25) is 0 Å². The van der Waals surface area contributed by atoms with E-state index in [-0.39, 0.29) is 0 Å². The van der Waals surface area contributed by atoms with Crippen molar-refractivity contribution in [3.8, 4) is 5.75 Å². The summed E-state index contributed by atoms with van der Waals surface area (Å²) in [5.74, 6) is 6.00. The first-order chi connectivity index (χ1) is 11.4. The average molecular weight is 519 g/mol. The fourth-order valence-corrected chi connectivity index (χ4v) is 12.2. The molecule has 5 heteroatoms. The SMILES string of the molecule is CCOCCOc1ccc(C[CH2][Ge]([CH3])([CH3])[c]2cc(C)c(I)s2)cc1. The normalized spacial score (nSPS) is 11.7. The zero-order valence-electron chi connectivity index (χ0n) is 15.0. The molecule has 132 valence electrons. The van der Waals surface area contributed by atoms with Crippen molar-refractivity contribution < 1.29 is 9.47 Å². The molecule has 1 heterocycles. The summed E-state index contributed by atoms with van der Waals surface area (Å²) in [6.07, 6.45) is 1.17. The van der Waals surface area contributed by atoms with Crippen molar-refractivity contribution in [3.63, 3.8) is 0 Å². The third-order valence-corrected chi connectivity index (χ3v) is 16.3. The monoisotopic (exact) mass is 520 g/mol. The Kier molecular flexibility index (Phi) is 8.10. The van der Waals surface area contributed by atoms with Crippen molar-refractivity contribution in [2.24, 2.45) is 0 Å². The fraction of sp³-hybridized carbons (Fsp3) is 0.474. The van der Waals surface area contributed by atoms with E-state index in [4.69, 9.17) is 9.47 Å².